The van der Waals surface area contributed by atoms with Crippen molar-refractivity contribution >= 4 is 21.2 Å². The molecule has 1 heterocycles. The average molecular weight is 340 g/mol. The molecule has 1 spiro atoms. The lowest BCUT2D eigenvalue weighted by Crippen LogP contribution is -2.15. The first-order valence-electron chi connectivity index (χ1n) is 8.15. The summed E-state index contributed by atoms with van der Waals surface area (Å²) in [5.74, 6) is 0. The second-order valence-corrected chi connectivity index (χ2v) is 8.60. The van der Waals surface area contributed by atoms with E-state index in [1.165, 1.54) is 24.0 Å². The van der Waals surface area contributed by atoms with E-state index >= 15 is 0 Å². The van der Waals surface area contributed by atoms with Crippen LogP contribution in [0.4, 0.5) is 0 Å². The molecule has 4 rings (SSSR count). The first-order chi connectivity index (χ1) is 11.4. The Kier molecular flexibility index (Phi) is 3.41. The Bertz CT molecular complexity index is 940. The van der Waals surface area contributed by atoms with E-state index in [-0.39, 0.29) is 4.90 Å². The fourth-order valence-corrected chi connectivity index (χ4v) is 4.37. The van der Waals surface area contributed by atoms with Crippen LogP contribution in [0.1, 0.15) is 42.5 Å². The van der Waals surface area contributed by atoms with Gasteiger partial charge in [-0.15, -0.1) is 0 Å². The van der Waals surface area contributed by atoms with E-state index in [2.05, 4.69) is 36.2 Å². The molecule has 1 aromatic heterocycles. The van der Waals surface area contributed by atoms with Gasteiger partial charge in [0.2, 0.25) is 10.0 Å². The monoisotopic (exact) mass is 340 g/mol. The number of aryl methyl sites for hydroxylation is 1. The fourth-order valence-electron chi connectivity index (χ4n) is 3.66. The molecule has 4 nitrogen and oxygen atoms in total. The van der Waals surface area contributed by atoms with Crippen molar-refractivity contribution < 1.29 is 8.42 Å². The predicted molar refractivity (Wildman–Crippen MR) is 94.5 cm³/mol. The Labute approximate surface area is 142 Å². The van der Waals surface area contributed by atoms with Crippen LogP contribution in [-0.4, -0.2) is 13.4 Å². The largest absolute Gasteiger partial charge is 0.255 e. The normalized spacial score (nSPS) is 19.1. The fraction of sp³-hybridized carbons (Fsp3) is 0.316. The van der Waals surface area contributed by atoms with E-state index in [4.69, 9.17) is 5.14 Å². The molecule has 0 unspecified atom stereocenters. The molecule has 0 aliphatic heterocycles. The van der Waals surface area contributed by atoms with Gasteiger partial charge in [-0.2, -0.15) is 0 Å². The highest BCUT2D eigenvalue weighted by molar-refractivity contribution is 7.89. The summed E-state index contributed by atoms with van der Waals surface area (Å²) >= 11 is 0. The van der Waals surface area contributed by atoms with Crippen molar-refractivity contribution in [3.05, 3.63) is 59.4 Å². The lowest BCUT2D eigenvalue weighted by atomic mass is 9.98. The molecule has 2 aliphatic rings. The molecule has 124 valence electrons. The Morgan fingerprint density at radius 2 is 1.71 bits per heavy atom. The first kappa shape index (κ1) is 15.5. The van der Waals surface area contributed by atoms with Gasteiger partial charge >= 0.3 is 0 Å². The highest BCUT2D eigenvalue weighted by Crippen LogP contribution is 2.63. The van der Waals surface area contributed by atoms with Gasteiger partial charge in [0.25, 0.3) is 0 Å². The molecule has 1 fully saturated rings. The molecule has 24 heavy (non-hydrogen) atoms. The van der Waals surface area contributed by atoms with Crippen molar-refractivity contribution in [2.24, 2.45) is 10.6 Å². The van der Waals surface area contributed by atoms with Gasteiger partial charge in [0, 0.05) is 6.20 Å². The number of nitrogens with zero attached hydrogens (tertiary/aromatic N) is 1. The number of hydrogen-bond donors (Lipinski definition) is 1. The lowest BCUT2D eigenvalue weighted by molar-refractivity contribution is 0.567. The molecule has 0 amide bonds. The maximum Gasteiger partial charge on any atom is 0.240 e. The number of primary sulfonamides is 1. The van der Waals surface area contributed by atoms with E-state index in [1.807, 2.05) is 0 Å². The Morgan fingerprint density at radius 3 is 2.33 bits per heavy atom. The zero-order chi connectivity index (χ0) is 16.9. The summed E-state index contributed by atoms with van der Waals surface area (Å²) in [7, 11) is -3.80. The minimum Gasteiger partial charge on any atom is -0.255 e. The van der Waals surface area contributed by atoms with Gasteiger partial charge in [0.05, 0.1) is 5.69 Å². The summed E-state index contributed by atoms with van der Waals surface area (Å²) in [5, 5.41) is 5.42. The van der Waals surface area contributed by atoms with E-state index in [9.17, 15) is 8.42 Å². The van der Waals surface area contributed by atoms with Gasteiger partial charge in [0.1, 0.15) is 4.90 Å². The number of benzene rings is 1. The minimum absolute atomic E-state index is 0.127. The van der Waals surface area contributed by atoms with E-state index in [0.717, 1.165) is 24.0 Å². The van der Waals surface area contributed by atoms with Crippen molar-refractivity contribution in [1.29, 1.82) is 0 Å². The zero-order valence-electron chi connectivity index (χ0n) is 13.6. The predicted octanol–water partition coefficient (Wildman–Crippen LogP) is 3.52. The third kappa shape index (κ3) is 2.68. The number of allylic oxidation sites excluding steroid dienone is 2. The summed E-state index contributed by atoms with van der Waals surface area (Å²) in [5.41, 5.74) is 5.47. The lowest BCUT2D eigenvalue weighted by Gasteiger charge is -2.11. The summed E-state index contributed by atoms with van der Waals surface area (Å²) in [4.78, 5) is 4.52. The topological polar surface area (TPSA) is 73.0 Å². The summed E-state index contributed by atoms with van der Waals surface area (Å²) < 4.78 is 24.0. The van der Waals surface area contributed by atoms with Crippen LogP contribution in [0, 0.1) is 12.3 Å². The van der Waals surface area contributed by atoms with Crippen LogP contribution in [0.2, 0.25) is 0 Å². The van der Waals surface area contributed by atoms with E-state index in [1.54, 1.807) is 18.3 Å². The molecule has 5 heteroatoms. The summed E-state index contributed by atoms with van der Waals surface area (Å²) in [6, 6.07) is 11.6. The Morgan fingerprint density at radius 1 is 1.04 bits per heavy atom. The van der Waals surface area contributed by atoms with E-state index in [0.29, 0.717) is 11.1 Å². The second-order valence-electron chi connectivity index (χ2n) is 7.07. The van der Waals surface area contributed by atoms with Crippen molar-refractivity contribution in [3.63, 3.8) is 0 Å². The summed E-state index contributed by atoms with van der Waals surface area (Å²) in [6.45, 7) is 2.06. The number of nitrogens with two attached hydrogens (primary N) is 1. The molecule has 2 aromatic rings. The molecular formula is C19H20N2O2S. The molecule has 0 saturated heterocycles. The van der Waals surface area contributed by atoms with Gasteiger partial charge in [-0.3, -0.25) is 4.98 Å². The molecule has 0 bridgehead atoms. The van der Waals surface area contributed by atoms with Gasteiger partial charge in [0.15, 0.2) is 0 Å². The third-order valence-electron chi connectivity index (χ3n) is 5.19. The van der Waals surface area contributed by atoms with Gasteiger partial charge in [-0.25, -0.2) is 13.6 Å². The Hall–Kier alpha value is -1.98. The number of sulfonamides is 1. The second kappa shape index (κ2) is 5.26. The first-order valence-corrected chi connectivity index (χ1v) is 9.70. The smallest absolute Gasteiger partial charge is 0.240 e. The molecule has 0 atom stereocenters. The molecular weight excluding hydrogens is 320 g/mol. The minimum atomic E-state index is -3.80. The Balaban J connectivity index is 1.90. The number of rotatable bonds is 3. The van der Waals surface area contributed by atoms with Gasteiger partial charge in [-0.1, -0.05) is 29.8 Å². The zero-order valence-corrected chi connectivity index (χ0v) is 14.4. The maximum atomic E-state index is 12.0. The number of pyridine rings is 1. The van der Waals surface area contributed by atoms with E-state index < -0.39 is 10.0 Å². The highest BCUT2D eigenvalue weighted by atomic mass is 32.2. The third-order valence-corrected chi connectivity index (χ3v) is 6.13. The van der Waals surface area contributed by atoms with Crippen LogP contribution in [0.5, 0.6) is 0 Å². The van der Waals surface area contributed by atoms with Crippen LogP contribution in [-0.2, 0) is 10.0 Å². The van der Waals surface area contributed by atoms with Gasteiger partial charge < -0.3 is 0 Å². The van der Waals surface area contributed by atoms with Gasteiger partial charge in [-0.05, 0) is 66.9 Å². The van der Waals surface area contributed by atoms with Crippen LogP contribution >= 0.6 is 0 Å². The SMILES string of the molecule is Cc1ccc(C2=C(c3ncccc3S(N)(=O)=O)CC3(CC3)C2)cc1. The number of aromatic nitrogens is 1. The van der Waals surface area contributed by atoms with Crippen molar-refractivity contribution in [1.82, 2.24) is 4.98 Å². The molecule has 1 aromatic carbocycles. The van der Waals surface area contributed by atoms with Crippen LogP contribution in [0.25, 0.3) is 11.1 Å². The summed E-state index contributed by atoms with van der Waals surface area (Å²) in [6.07, 6.45) is 5.91. The van der Waals surface area contributed by atoms with Crippen molar-refractivity contribution in [2.45, 2.75) is 37.5 Å². The van der Waals surface area contributed by atoms with Crippen molar-refractivity contribution in [3.8, 4) is 0 Å². The van der Waals surface area contributed by atoms with Crippen LogP contribution in [0.3, 0.4) is 0 Å². The van der Waals surface area contributed by atoms with Crippen LogP contribution in [0.15, 0.2) is 47.5 Å². The highest BCUT2D eigenvalue weighted by Gasteiger charge is 2.49. The standard InChI is InChI=1S/C19H20N2O2S/c1-13-4-6-14(7-5-13)15-11-19(8-9-19)12-16(15)18-17(24(20,22)23)3-2-10-21-18/h2-7,10H,8-9,11-12H2,1H3,(H2,20,22,23). The maximum absolute atomic E-state index is 12.0. The molecule has 1 saturated carbocycles. The quantitative estimate of drug-likeness (QED) is 0.929. The number of hydrogen-bond acceptors (Lipinski definition) is 3. The molecule has 2 N–H and O–H groups in total. The van der Waals surface area contributed by atoms with Crippen LogP contribution < -0.4 is 5.14 Å². The average Bonchev–Trinajstić information content (AvgIpc) is 3.19. The van der Waals surface area contributed by atoms with Crippen molar-refractivity contribution in [2.75, 3.05) is 0 Å². The molecule has 2 aliphatic carbocycles. The molecule has 0 radical (unpaired) electrons.